The Kier molecular flexibility index (Phi) is 6.11. The van der Waals surface area contributed by atoms with Gasteiger partial charge < -0.3 is 10.2 Å². The van der Waals surface area contributed by atoms with Gasteiger partial charge in [-0.2, -0.15) is 5.10 Å². The average Bonchev–Trinajstić information content (AvgIpc) is 2.98. The number of aromatic nitrogens is 3. The largest absolute Gasteiger partial charge is 0.350 e. The number of rotatable bonds is 6. The molecule has 7 heteroatoms. The van der Waals surface area contributed by atoms with E-state index in [1.54, 1.807) is 17.1 Å². The Morgan fingerprint density at radius 2 is 2.18 bits per heavy atom. The highest BCUT2D eigenvalue weighted by molar-refractivity contribution is 5.85. The number of amides is 2. The van der Waals surface area contributed by atoms with E-state index < -0.39 is 0 Å². The number of likely N-dealkylation sites (tertiary alicyclic amines) is 1. The number of nitrogens with one attached hydrogen (secondary N) is 1. The molecule has 0 spiro atoms. The SMILES string of the molecule is Cc1cc(CNC(=O)[C@@H]2CCC(=O)N(CC(C)C)[C@H]2c2cccnc2)n(C)n1. The molecule has 2 atom stereocenters. The van der Waals surface area contributed by atoms with E-state index in [1.165, 1.54) is 0 Å². The van der Waals surface area contributed by atoms with Crippen LogP contribution in [0.4, 0.5) is 0 Å². The van der Waals surface area contributed by atoms with Crippen LogP contribution in [0.1, 0.15) is 49.7 Å². The van der Waals surface area contributed by atoms with Crippen LogP contribution in [0.15, 0.2) is 30.6 Å². The lowest BCUT2D eigenvalue weighted by Gasteiger charge is -2.41. The van der Waals surface area contributed by atoms with E-state index in [2.05, 4.69) is 29.2 Å². The van der Waals surface area contributed by atoms with Crippen LogP contribution in [0.25, 0.3) is 0 Å². The summed E-state index contributed by atoms with van der Waals surface area (Å²) in [7, 11) is 1.87. The number of carbonyl (C=O) groups excluding carboxylic acids is 2. The molecule has 1 aliphatic rings. The highest BCUT2D eigenvalue weighted by Crippen LogP contribution is 2.37. The smallest absolute Gasteiger partial charge is 0.225 e. The van der Waals surface area contributed by atoms with Gasteiger partial charge in [-0.15, -0.1) is 0 Å². The predicted molar refractivity (Wildman–Crippen MR) is 106 cm³/mol. The molecule has 2 aromatic rings. The van der Waals surface area contributed by atoms with Crippen molar-refractivity contribution in [1.29, 1.82) is 0 Å². The molecule has 3 heterocycles. The van der Waals surface area contributed by atoms with Gasteiger partial charge in [0.1, 0.15) is 0 Å². The molecule has 150 valence electrons. The zero-order valence-corrected chi connectivity index (χ0v) is 17.1. The normalized spacial score (nSPS) is 19.9. The average molecular weight is 383 g/mol. The third-order valence-corrected chi connectivity index (χ3v) is 5.17. The van der Waals surface area contributed by atoms with Crippen LogP contribution in [-0.2, 0) is 23.2 Å². The van der Waals surface area contributed by atoms with Crippen molar-refractivity contribution in [3.63, 3.8) is 0 Å². The first kappa shape index (κ1) is 20.0. The van der Waals surface area contributed by atoms with Crippen molar-refractivity contribution >= 4 is 11.8 Å². The van der Waals surface area contributed by atoms with Crippen LogP contribution in [0.5, 0.6) is 0 Å². The third kappa shape index (κ3) is 4.40. The molecule has 0 aromatic carbocycles. The van der Waals surface area contributed by atoms with Crippen molar-refractivity contribution in [3.8, 4) is 0 Å². The molecule has 1 fully saturated rings. The monoisotopic (exact) mass is 383 g/mol. The van der Waals surface area contributed by atoms with E-state index in [0.717, 1.165) is 17.0 Å². The summed E-state index contributed by atoms with van der Waals surface area (Å²) in [6.45, 7) is 7.15. The number of pyridine rings is 1. The lowest BCUT2D eigenvalue weighted by Crippen LogP contribution is -2.49. The molecule has 0 aliphatic carbocycles. The van der Waals surface area contributed by atoms with Gasteiger partial charge in [0, 0.05) is 32.4 Å². The van der Waals surface area contributed by atoms with Crippen LogP contribution in [0.3, 0.4) is 0 Å². The molecule has 0 unspecified atom stereocenters. The number of hydrogen-bond donors (Lipinski definition) is 1. The van der Waals surface area contributed by atoms with Crippen LogP contribution >= 0.6 is 0 Å². The Morgan fingerprint density at radius 1 is 1.39 bits per heavy atom. The van der Waals surface area contributed by atoms with Gasteiger partial charge in [0.05, 0.1) is 29.9 Å². The zero-order chi connectivity index (χ0) is 20.3. The van der Waals surface area contributed by atoms with E-state index in [1.807, 2.05) is 37.1 Å². The molecule has 0 saturated carbocycles. The molecule has 1 aliphatic heterocycles. The van der Waals surface area contributed by atoms with Gasteiger partial charge in [-0.3, -0.25) is 19.3 Å². The predicted octanol–water partition coefficient (Wildman–Crippen LogP) is 2.38. The first-order valence-corrected chi connectivity index (χ1v) is 9.83. The summed E-state index contributed by atoms with van der Waals surface area (Å²) in [6, 6.07) is 5.49. The highest BCUT2D eigenvalue weighted by atomic mass is 16.2. The van der Waals surface area contributed by atoms with Crippen molar-refractivity contribution in [3.05, 3.63) is 47.5 Å². The molecule has 1 saturated heterocycles. The van der Waals surface area contributed by atoms with Crippen molar-refractivity contribution in [2.45, 2.75) is 46.2 Å². The molecule has 28 heavy (non-hydrogen) atoms. The molecule has 3 rings (SSSR count). The fourth-order valence-electron chi connectivity index (χ4n) is 3.94. The summed E-state index contributed by atoms with van der Waals surface area (Å²) in [5, 5.41) is 7.38. The van der Waals surface area contributed by atoms with Gasteiger partial charge >= 0.3 is 0 Å². The minimum Gasteiger partial charge on any atom is -0.350 e. The van der Waals surface area contributed by atoms with Crippen molar-refractivity contribution in [1.82, 2.24) is 25.0 Å². The Labute approximate surface area is 166 Å². The standard InChI is InChI=1S/C21H29N5O2/c1-14(2)13-26-19(27)8-7-18(20(26)16-6-5-9-22-11-16)21(28)23-12-17-10-15(3)24-25(17)4/h5-6,9-11,14,18,20H,7-8,12-13H2,1-4H3,(H,23,28)/t18-,20+/m1/s1. The molecule has 0 bridgehead atoms. The van der Waals surface area contributed by atoms with Crippen molar-refractivity contribution in [2.75, 3.05) is 6.54 Å². The molecular weight excluding hydrogens is 354 g/mol. The molecule has 2 amide bonds. The molecular formula is C21H29N5O2. The van der Waals surface area contributed by atoms with E-state index >= 15 is 0 Å². The number of nitrogens with zero attached hydrogens (tertiary/aromatic N) is 4. The van der Waals surface area contributed by atoms with Gasteiger partial charge in [0.2, 0.25) is 11.8 Å². The number of piperidine rings is 1. The van der Waals surface area contributed by atoms with Gasteiger partial charge in [-0.05, 0) is 37.0 Å². The second-order valence-corrected chi connectivity index (χ2v) is 7.93. The van der Waals surface area contributed by atoms with Crippen LogP contribution in [-0.4, -0.2) is 38.0 Å². The van der Waals surface area contributed by atoms with E-state index in [-0.39, 0.29) is 23.8 Å². The fraction of sp³-hybridized carbons (Fsp3) is 0.524. The van der Waals surface area contributed by atoms with E-state index in [0.29, 0.717) is 31.8 Å². The van der Waals surface area contributed by atoms with Crippen molar-refractivity contribution in [2.24, 2.45) is 18.9 Å². The Bertz CT molecular complexity index is 831. The minimum absolute atomic E-state index is 0.0334. The van der Waals surface area contributed by atoms with Crippen molar-refractivity contribution < 1.29 is 9.59 Å². The fourth-order valence-corrected chi connectivity index (χ4v) is 3.94. The first-order valence-electron chi connectivity index (χ1n) is 9.83. The second-order valence-electron chi connectivity index (χ2n) is 7.93. The summed E-state index contributed by atoms with van der Waals surface area (Å²) in [5.74, 6) is 0.0974. The van der Waals surface area contributed by atoms with Crippen LogP contribution < -0.4 is 5.32 Å². The van der Waals surface area contributed by atoms with E-state index in [4.69, 9.17) is 0 Å². The molecule has 1 N–H and O–H groups in total. The first-order chi connectivity index (χ1) is 13.4. The number of carbonyl (C=O) groups is 2. The van der Waals surface area contributed by atoms with Crippen LogP contribution in [0.2, 0.25) is 0 Å². The maximum absolute atomic E-state index is 13.1. The topological polar surface area (TPSA) is 80.1 Å². The Balaban J connectivity index is 1.83. The lowest BCUT2D eigenvalue weighted by atomic mass is 9.83. The summed E-state index contributed by atoms with van der Waals surface area (Å²) >= 11 is 0. The third-order valence-electron chi connectivity index (χ3n) is 5.17. The molecule has 2 aromatic heterocycles. The molecule has 0 radical (unpaired) electrons. The Morgan fingerprint density at radius 3 is 2.79 bits per heavy atom. The Hall–Kier alpha value is -2.70. The maximum atomic E-state index is 13.1. The second kappa shape index (κ2) is 8.54. The highest BCUT2D eigenvalue weighted by Gasteiger charge is 2.40. The van der Waals surface area contributed by atoms with Gasteiger partial charge in [0.25, 0.3) is 0 Å². The summed E-state index contributed by atoms with van der Waals surface area (Å²) in [5.41, 5.74) is 2.79. The minimum atomic E-state index is -0.296. The van der Waals surface area contributed by atoms with Gasteiger partial charge in [-0.25, -0.2) is 0 Å². The van der Waals surface area contributed by atoms with Gasteiger partial charge in [-0.1, -0.05) is 19.9 Å². The maximum Gasteiger partial charge on any atom is 0.225 e. The number of hydrogen-bond acceptors (Lipinski definition) is 4. The van der Waals surface area contributed by atoms with Crippen LogP contribution in [0, 0.1) is 18.8 Å². The quantitative estimate of drug-likeness (QED) is 0.830. The summed E-state index contributed by atoms with van der Waals surface area (Å²) < 4.78 is 1.78. The molecule has 7 nitrogen and oxygen atoms in total. The summed E-state index contributed by atoms with van der Waals surface area (Å²) in [6.07, 6.45) is 4.41. The zero-order valence-electron chi connectivity index (χ0n) is 17.1. The van der Waals surface area contributed by atoms with Gasteiger partial charge in [0.15, 0.2) is 0 Å². The lowest BCUT2D eigenvalue weighted by molar-refractivity contribution is -0.144. The number of aryl methyl sites for hydroxylation is 2. The van der Waals surface area contributed by atoms with E-state index in [9.17, 15) is 9.59 Å². The summed E-state index contributed by atoms with van der Waals surface area (Å²) in [4.78, 5) is 31.9.